The first-order valence-electron chi connectivity index (χ1n) is 4.85. The monoisotopic (exact) mass is 198 g/mol. The molecule has 0 bridgehead atoms. The highest BCUT2D eigenvalue weighted by molar-refractivity contribution is 5.74. The molecule has 0 saturated heterocycles. The van der Waals surface area contributed by atoms with Crippen LogP contribution in [0.1, 0.15) is 17.5 Å². The molecule has 3 rings (SSSR count). The minimum Gasteiger partial charge on any atom is -0.369 e. The van der Waals surface area contributed by atoms with Crippen LogP contribution in [0, 0.1) is 0 Å². The molecule has 0 aromatic carbocycles. The van der Waals surface area contributed by atoms with Gasteiger partial charge in [-0.15, -0.1) is 0 Å². The number of hydrogen-bond donors (Lipinski definition) is 0. The highest BCUT2D eigenvalue weighted by Crippen LogP contribution is 2.41. The predicted octanol–water partition coefficient (Wildman–Crippen LogP) is 2.19. The molecule has 0 fully saturated rings. The van der Waals surface area contributed by atoms with Crippen LogP contribution in [0.5, 0.6) is 0 Å². The Balaban J connectivity index is 2.31. The van der Waals surface area contributed by atoms with Crippen molar-refractivity contribution in [2.24, 2.45) is 0 Å². The summed E-state index contributed by atoms with van der Waals surface area (Å²) in [6.45, 7) is 0. The molecule has 74 valence electrons. The summed E-state index contributed by atoms with van der Waals surface area (Å²) in [5.41, 5.74) is 4.20. The van der Waals surface area contributed by atoms with Crippen molar-refractivity contribution in [2.75, 3.05) is 7.11 Å². The number of aromatic nitrogens is 2. The van der Waals surface area contributed by atoms with Crippen molar-refractivity contribution in [3.63, 3.8) is 0 Å². The summed E-state index contributed by atoms with van der Waals surface area (Å²) < 4.78 is 5.44. The Morgan fingerprint density at radius 1 is 1.00 bits per heavy atom. The van der Waals surface area contributed by atoms with Crippen molar-refractivity contribution in [1.29, 1.82) is 0 Å². The van der Waals surface area contributed by atoms with Crippen molar-refractivity contribution in [3.05, 3.63) is 48.0 Å². The summed E-state index contributed by atoms with van der Waals surface area (Å²) in [5.74, 6) is 0. The molecule has 1 aliphatic rings. The molecule has 2 heterocycles. The maximum Gasteiger partial charge on any atom is 0.142 e. The van der Waals surface area contributed by atoms with E-state index >= 15 is 0 Å². The summed E-state index contributed by atoms with van der Waals surface area (Å²) in [6.07, 6.45) is 3.46. The van der Waals surface area contributed by atoms with Crippen LogP contribution in [0.25, 0.3) is 11.1 Å². The molecule has 2 aromatic rings. The number of hydrogen-bond acceptors (Lipinski definition) is 3. The molecule has 0 spiro atoms. The standard InChI is InChI=1S/C12H10N2O/c1-15-12-10-8(4-2-6-13-10)9-5-3-7-14-11(9)12/h2-7,12H,1H3. The van der Waals surface area contributed by atoms with Crippen LogP contribution in [0.4, 0.5) is 0 Å². The summed E-state index contributed by atoms with van der Waals surface area (Å²) in [6, 6.07) is 7.99. The molecule has 0 unspecified atom stereocenters. The van der Waals surface area contributed by atoms with E-state index in [1.165, 1.54) is 0 Å². The molecule has 3 nitrogen and oxygen atoms in total. The van der Waals surface area contributed by atoms with Gasteiger partial charge in [0, 0.05) is 30.6 Å². The van der Waals surface area contributed by atoms with Gasteiger partial charge >= 0.3 is 0 Å². The minimum absolute atomic E-state index is 0.114. The topological polar surface area (TPSA) is 35.0 Å². The second-order valence-electron chi connectivity index (χ2n) is 3.49. The Morgan fingerprint density at radius 2 is 1.53 bits per heavy atom. The van der Waals surface area contributed by atoms with Gasteiger partial charge in [-0.2, -0.15) is 0 Å². The van der Waals surface area contributed by atoms with E-state index in [2.05, 4.69) is 22.1 Å². The lowest BCUT2D eigenvalue weighted by atomic mass is 10.1. The van der Waals surface area contributed by atoms with E-state index in [4.69, 9.17) is 4.74 Å². The molecule has 3 heteroatoms. The van der Waals surface area contributed by atoms with Gasteiger partial charge in [0.2, 0.25) is 0 Å². The molecule has 0 amide bonds. The molecule has 0 saturated carbocycles. The van der Waals surface area contributed by atoms with E-state index in [9.17, 15) is 0 Å². The van der Waals surface area contributed by atoms with Crippen molar-refractivity contribution in [1.82, 2.24) is 9.97 Å². The van der Waals surface area contributed by atoms with Crippen molar-refractivity contribution in [2.45, 2.75) is 6.10 Å². The van der Waals surface area contributed by atoms with Crippen LogP contribution in [0.15, 0.2) is 36.7 Å². The van der Waals surface area contributed by atoms with Crippen LogP contribution in [0.3, 0.4) is 0 Å². The lowest BCUT2D eigenvalue weighted by molar-refractivity contribution is 0.133. The zero-order valence-electron chi connectivity index (χ0n) is 8.34. The smallest absolute Gasteiger partial charge is 0.142 e. The lowest BCUT2D eigenvalue weighted by Crippen LogP contribution is -2.02. The van der Waals surface area contributed by atoms with Crippen LogP contribution in [-0.4, -0.2) is 17.1 Å². The Labute approximate surface area is 87.8 Å². The molecular weight excluding hydrogens is 188 g/mol. The van der Waals surface area contributed by atoms with E-state index < -0.39 is 0 Å². The highest BCUT2D eigenvalue weighted by Gasteiger charge is 2.30. The fourth-order valence-electron chi connectivity index (χ4n) is 2.06. The van der Waals surface area contributed by atoms with Crippen LogP contribution in [0.2, 0.25) is 0 Å². The molecule has 0 radical (unpaired) electrons. The summed E-state index contributed by atoms with van der Waals surface area (Å²) in [7, 11) is 1.69. The van der Waals surface area contributed by atoms with Crippen LogP contribution < -0.4 is 0 Å². The predicted molar refractivity (Wildman–Crippen MR) is 56.3 cm³/mol. The molecular formula is C12H10N2O. The molecule has 0 atom stereocenters. The van der Waals surface area contributed by atoms with E-state index in [1.807, 2.05) is 12.1 Å². The van der Waals surface area contributed by atoms with Gasteiger partial charge in [-0.25, -0.2) is 0 Å². The molecule has 15 heavy (non-hydrogen) atoms. The van der Waals surface area contributed by atoms with Gasteiger partial charge < -0.3 is 4.74 Å². The van der Waals surface area contributed by atoms with E-state index in [0.29, 0.717) is 0 Å². The van der Waals surface area contributed by atoms with Gasteiger partial charge in [-0.3, -0.25) is 9.97 Å². The quantitative estimate of drug-likeness (QED) is 0.704. The summed E-state index contributed by atoms with van der Waals surface area (Å²) >= 11 is 0. The Kier molecular flexibility index (Phi) is 1.79. The Bertz CT molecular complexity index is 465. The van der Waals surface area contributed by atoms with Crippen LogP contribution in [-0.2, 0) is 4.74 Å². The summed E-state index contributed by atoms with van der Waals surface area (Å²) in [4.78, 5) is 8.72. The average molecular weight is 198 g/mol. The van der Waals surface area contributed by atoms with Crippen LogP contribution >= 0.6 is 0 Å². The second-order valence-corrected chi connectivity index (χ2v) is 3.49. The molecule has 0 aliphatic heterocycles. The summed E-state index contributed by atoms with van der Waals surface area (Å²) in [5, 5.41) is 0. The third-order valence-corrected chi connectivity index (χ3v) is 2.70. The molecule has 1 aliphatic carbocycles. The van der Waals surface area contributed by atoms with E-state index in [1.54, 1.807) is 19.5 Å². The van der Waals surface area contributed by atoms with Gasteiger partial charge in [0.05, 0.1) is 11.4 Å². The second kappa shape index (κ2) is 3.14. The molecule has 0 N–H and O–H groups in total. The van der Waals surface area contributed by atoms with Gasteiger partial charge in [0.1, 0.15) is 6.10 Å². The normalized spacial score (nSPS) is 13.7. The SMILES string of the molecule is COC1c2ncccc2-c2cccnc21. The Hall–Kier alpha value is -1.74. The fourth-order valence-corrected chi connectivity index (χ4v) is 2.06. The number of fused-ring (bicyclic) bond motifs is 3. The van der Waals surface area contributed by atoms with Crippen molar-refractivity contribution < 1.29 is 4.74 Å². The van der Waals surface area contributed by atoms with Gasteiger partial charge in [-0.05, 0) is 12.1 Å². The first-order valence-corrected chi connectivity index (χ1v) is 4.85. The lowest BCUT2D eigenvalue weighted by Gasteiger charge is -2.08. The maximum absolute atomic E-state index is 5.44. The number of nitrogens with zero attached hydrogens (tertiary/aromatic N) is 2. The van der Waals surface area contributed by atoms with E-state index in [0.717, 1.165) is 22.5 Å². The minimum atomic E-state index is -0.114. The average Bonchev–Trinajstić information content (AvgIpc) is 2.63. The van der Waals surface area contributed by atoms with Gasteiger partial charge in [0.15, 0.2) is 0 Å². The third kappa shape index (κ3) is 1.10. The highest BCUT2D eigenvalue weighted by atomic mass is 16.5. The number of pyridine rings is 2. The zero-order valence-corrected chi connectivity index (χ0v) is 8.34. The Morgan fingerprint density at radius 3 is 2.00 bits per heavy atom. The van der Waals surface area contributed by atoms with Gasteiger partial charge in [-0.1, -0.05) is 12.1 Å². The first kappa shape index (κ1) is 8.56. The van der Waals surface area contributed by atoms with E-state index in [-0.39, 0.29) is 6.10 Å². The first-order chi connectivity index (χ1) is 7.42. The fraction of sp³-hybridized carbons (Fsp3) is 0.167. The van der Waals surface area contributed by atoms with Crippen molar-refractivity contribution >= 4 is 0 Å². The van der Waals surface area contributed by atoms with Crippen molar-refractivity contribution in [3.8, 4) is 11.1 Å². The molecule has 2 aromatic heterocycles. The number of methoxy groups -OCH3 is 1. The largest absolute Gasteiger partial charge is 0.369 e. The number of ether oxygens (including phenoxy) is 1. The maximum atomic E-state index is 5.44. The van der Waals surface area contributed by atoms with Gasteiger partial charge in [0.25, 0.3) is 0 Å². The zero-order chi connectivity index (χ0) is 10.3. The number of rotatable bonds is 1. The third-order valence-electron chi connectivity index (χ3n) is 2.70.